The molecule has 4 nitrogen and oxygen atoms in total. The summed E-state index contributed by atoms with van der Waals surface area (Å²) in [7, 11) is 0. The first-order valence-corrected chi connectivity index (χ1v) is 13.0. The van der Waals surface area contributed by atoms with Crippen LogP contribution in [0, 0.1) is 0 Å². The number of esters is 2. The second-order valence-electron chi connectivity index (χ2n) is 8.47. The Kier molecular flexibility index (Phi) is 23.4. The van der Waals surface area contributed by atoms with Gasteiger partial charge >= 0.3 is 11.9 Å². The highest BCUT2D eigenvalue weighted by molar-refractivity contribution is 5.69. The minimum absolute atomic E-state index is 0.0414. The van der Waals surface area contributed by atoms with E-state index in [2.05, 4.69) is 0 Å². The molecule has 0 aliphatic carbocycles. The summed E-state index contributed by atoms with van der Waals surface area (Å²) in [6, 6.07) is 0. The van der Waals surface area contributed by atoms with Crippen LogP contribution in [-0.2, 0) is 19.1 Å². The summed E-state index contributed by atoms with van der Waals surface area (Å²) in [5, 5.41) is 0. The smallest absolute Gasteiger partial charge is 0.305 e. The number of hydrogen-bond donors (Lipinski definition) is 0. The zero-order valence-electron chi connectivity index (χ0n) is 20.2. The standard InChI is InChI=1S/C26H50O4/c1-3-29-25(27)23-21-19-17-15-13-11-9-7-5-6-8-10-12-14-16-18-20-22-24-26(28)30-4-2/h3-24H2,1-2H3. The Hall–Kier alpha value is -1.06. The Morgan fingerprint density at radius 3 is 0.800 bits per heavy atom. The van der Waals surface area contributed by atoms with Gasteiger partial charge in [-0.25, -0.2) is 0 Å². The Morgan fingerprint density at radius 2 is 0.600 bits per heavy atom. The summed E-state index contributed by atoms with van der Waals surface area (Å²) in [6.07, 6.45) is 24.4. The van der Waals surface area contributed by atoms with E-state index in [0.29, 0.717) is 26.1 Å². The minimum atomic E-state index is -0.0414. The Morgan fingerprint density at radius 1 is 0.400 bits per heavy atom. The summed E-state index contributed by atoms with van der Waals surface area (Å²) in [4.78, 5) is 22.5. The van der Waals surface area contributed by atoms with E-state index >= 15 is 0 Å². The molecule has 0 aliphatic rings. The van der Waals surface area contributed by atoms with Gasteiger partial charge in [-0.1, -0.05) is 103 Å². The van der Waals surface area contributed by atoms with Gasteiger partial charge in [0.25, 0.3) is 0 Å². The fourth-order valence-electron chi connectivity index (χ4n) is 3.83. The normalized spacial score (nSPS) is 10.9. The van der Waals surface area contributed by atoms with Crippen LogP contribution in [0.5, 0.6) is 0 Å². The number of hydrogen-bond acceptors (Lipinski definition) is 4. The Bertz CT molecular complexity index is 345. The summed E-state index contributed by atoms with van der Waals surface area (Å²) < 4.78 is 9.88. The molecule has 0 aromatic carbocycles. The monoisotopic (exact) mass is 426 g/mol. The van der Waals surface area contributed by atoms with Crippen LogP contribution in [0.1, 0.15) is 142 Å². The van der Waals surface area contributed by atoms with Gasteiger partial charge in [-0.3, -0.25) is 9.59 Å². The molecule has 0 radical (unpaired) electrons. The molecule has 0 rings (SSSR count). The zero-order chi connectivity index (χ0) is 22.1. The van der Waals surface area contributed by atoms with Gasteiger partial charge in [0.05, 0.1) is 13.2 Å². The van der Waals surface area contributed by atoms with Crippen LogP contribution in [0.15, 0.2) is 0 Å². The second-order valence-corrected chi connectivity index (χ2v) is 8.47. The van der Waals surface area contributed by atoms with Crippen molar-refractivity contribution in [3.8, 4) is 0 Å². The molecule has 0 heterocycles. The summed E-state index contributed by atoms with van der Waals surface area (Å²) >= 11 is 0. The average Bonchev–Trinajstić information content (AvgIpc) is 2.72. The maximum Gasteiger partial charge on any atom is 0.305 e. The highest BCUT2D eigenvalue weighted by Gasteiger charge is 2.01. The first-order chi connectivity index (χ1) is 14.7. The van der Waals surface area contributed by atoms with Gasteiger partial charge in [-0.15, -0.1) is 0 Å². The van der Waals surface area contributed by atoms with Crippen LogP contribution in [0.25, 0.3) is 0 Å². The predicted molar refractivity (Wildman–Crippen MR) is 126 cm³/mol. The molecular formula is C26H50O4. The van der Waals surface area contributed by atoms with E-state index < -0.39 is 0 Å². The maximum absolute atomic E-state index is 11.2. The lowest BCUT2D eigenvalue weighted by Crippen LogP contribution is -2.03. The van der Waals surface area contributed by atoms with E-state index in [-0.39, 0.29) is 11.9 Å². The number of carbonyl (C=O) groups excluding carboxylic acids is 2. The topological polar surface area (TPSA) is 52.6 Å². The third-order valence-electron chi connectivity index (χ3n) is 5.62. The van der Waals surface area contributed by atoms with Crippen LogP contribution in [0.2, 0.25) is 0 Å². The van der Waals surface area contributed by atoms with E-state index in [1.54, 1.807) is 0 Å². The summed E-state index contributed by atoms with van der Waals surface area (Å²) in [5.74, 6) is -0.0827. The lowest BCUT2D eigenvalue weighted by atomic mass is 10.0. The van der Waals surface area contributed by atoms with Crippen LogP contribution in [-0.4, -0.2) is 25.2 Å². The van der Waals surface area contributed by atoms with E-state index in [1.807, 2.05) is 13.8 Å². The van der Waals surface area contributed by atoms with Crippen LogP contribution >= 0.6 is 0 Å². The van der Waals surface area contributed by atoms with Crippen molar-refractivity contribution in [1.82, 2.24) is 0 Å². The molecule has 4 heteroatoms. The first kappa shape index (κ1) is 28.9. The van der Waals surface area contributed by atoms with Gasteiger partial charge in [-0.05, 0) is 26.7 Å². The Labute approximate surface area is 186 Å². The van der Waals surface area contributed by atoms with Crippen LogP contribution in [0.3, 0.4) is 0 Å². The molecule has 0 fully saturated rings. The molecule has 178 valence electrons. The molecule has 0 aliphatic heterocycles. The van der Waals surface area contributed by atoms with Gasteiger partial charge in [0.15, 0.2) is 0 Å². The molecule has 0 atom stereocenters. The van der Waals surface area contributed by atoms with Gasteiger partial charge in [0.2, 0.25) is 0 Å². The average molecular weight is 427 g/mol. The van der Waals surface area contributed by atoms with E-state index in [4.69, 9.17) is 9.47 Å². The molecule has 0 amide bonds. The molecule has 0 unspecified atom stereocenters. The Balaban J connectivity index is 3.08. The molecule has 0 aromatic rings. The first-order valence-electron chi connectivity index (χ1n) is 13.0. The minimum Gasteiger partial charge on any atom is -0.466 e. The van der Waals surface area contributed by atoms with E-state index in [1.165, 1.54) is 89.9 Å². The molecular weight excluding hydrogens is 376 g/mol. The summed E-state index contributed by atoms with van der Waals surface area (Å²) in [6.45, 7) is 4.72. The van der Waals surface area contributed by atoms with Crippen molar-refractivity contribution in [2.75, 3.05) is 13.2 Å². The van der Waals surface area contributed by atoms with E-state index in [9.17, 15) is 9.59 Å². The SMILES string of the molecule is CCOC(=O)CCCCCCCCCCCCCCCCCCCCC(=O)OCC. The highest BCUT2D eigenvalue weighted by Crippen LogP contribution is 2.15. The number of rotatable bonds is 23. The van der Waals surface area contributed by atoms with Gasteiger partial charge in [0.1, 0.15) is 0 Å². The van der Waals surface area contributed by atoms with Crippen molar-refractivity contribution in [1.29, 1.82) is 0 Å². The van der Waals surface area contributed by atoms with Crippen molar-refractivity contribution in [3.05, 3.63) is 0 Å². The molecule has 0 saturated heterocycles. The van der Waals surface area contributed by atoms with Crippen molar-refractivity contribution >= 4 is 11.9 Å². The highest BCUT2D eigenvalue weighted by atomic mass is 16.5. The van der Waals surface area contributed by atoms with Gasteiger partial charge < -0.3 is 9.47 Å². The third kappa shape index (κ3) is 23.2. The quantitative estimate of drug-likeness (QED) is 0.123. The summed E-state index contributed by atoms with van der Waals surface area (Å²) in [5.41, 5.74) is 0. The largest absolute Gasteiger partial charge is 0.466 e. The van der Waals surface area contributed by atoms with Crippen LogP contribution < -0.4 is 0 Å². The molecule has 0 saturated carbocycles. The van der Waals surface area contributed by atoms with Gasteiger partial charge in [-0.2, -0.15) is 0 Å². The molecule has 0 N–H and O–H groups in total. The number of carbonyl (C=O) groups is 2. The van der Waals surface area contributed by atoms with Crippen molar-refractivity contribution < 1.29 is 19.1 Å². The lowest BCUT2D eigenvalue weighted by Gasteiger charge is -2.04. The molecule has 30 heavy (non-hydrogen) atoms. The third-order valence-corrected chi connectivity index (χ3v) is 5.62. The van der Waals surface area contributed by atoms with Crippen molar-refractivity contribution in [3.63, 3.8) is 0 Å². The van der Waals surface area contributed by atoms with E-state index in [0.717, 1.165) is 25.7 Å². The number of unbranched alkanes of at least 4 members (excludes halogenated alkanes) is 17. The second kappa shape index (κ2) is 24.2. The van der Waals surface area contributed by atoms with Crippen molar-refractivity contribution in [2.45, 2.75) is 142 Å². The van der Waals surface area contributed by atoms with Gasteiger partial charge in [0, 0.05) is 12.8 Å². The number of ether oxygens (including phenoxy) is 2. The van der Waals surface area contributed by atoms with Crippen LogP contribution in [0.4, 0.5) is 0 Å². The fourth-order valence-corrected chi connectivity index (χ4v) is 3.83. The maximum atomic E-state index is 11.2. The molecule has 0 bridgehead atoms. The molecule has 0 aromatic heterocycles. The van der Waals surface area contributed by atoms with Crippen molar-refractivity contribution in [2.24, 2.45) is 0 Å². The predicted octanol–water partition coefficient (Wildman–Crippen LogP) is 7.91. The fraction of sp³-hybridized carbons (Fsp3) is 0.923. The molecule has 0 spiro atoms. The lowest BCUT2D eigenvalue weighted by molar-refractivity contribution is -0.144. The zero-order valence-corrected chi connectivity index (χ0v) is 20.2.